The first-order chi connectivity index (χ1) is 19.5. The van der Waals surface area contributed by atoms with Crippen LogP contribution in [0.2, 0.25) is 0 Å². The first-order valence-electron chi connectivity index (χ1n) is 13.2. The summed E-state index contributed by atoms with van der Waals surface area (Å²) in [6, 6.07) is 5.41. The van der Waals surface area contributed by atoms with E-state index in [2.05, 4.69) is 26.7 Å². The van der Waals surface area contributed by atoms with E-state index < -0.39 is 29.5 Å². The van der Waals surface area contributed by atoms with Gasteiger partial charge in [0, 0.05) is 47.3 Å². The summed E-state index contributed by atoms with van der Waals surface area (Å²) >= 11 is 0. The van der Waals surface area contributed by atoms with Crippen molar-refractivity contribution in [1.82, 2.24) is 9.97 Å². The van der Waals surface area contributed by atoms with Gasteiger partial charge in [-0.3, -0.25) is 10.6 Å². The van der Waals surface area contributed by atoms with E-state index in [4.69, 9.17) is 18.9 Å². The molecule has 0 aliphatic carbocycles. The lowest BCUT2D eigenvalue weighted by Crippen LogP contribution is -2.27. The van der Waals surface area contributed by atoms with Gasteiger partial charge in [-0.2, -0.15) is 5.26 Å². The van der Waals surface area contributed by atoms with Gasteiger partial charge in [-0.1, -0.05) is 0 Å². The summed E-state index contributed by atoms with van der Waals surface area (Å²) in [6.07, 6.45) is 2.04. The average molecular weight is 564 g/mol. The molecule has 2 unspecified atom stereocenters. The molecule has 1 fully saturated rings. The zero-order valence-corrected chi connectivity index (χ0v) is 23.2. The molecule has 214 valence electrons. The molecule has 0 spiro atoms. The quantitative estimate of drug-likeness (QED) is 0.401. The van der Waals surface area contributed by atoms with E-state index in [1.807, 2.05) is 0 Å². The number of hydrogen-bond donors (Lipinski definition) is 2. The van der Waals surface area contributed by atoms with Crippen molar-refractivity contribution in [2.45, 2.75) is 58.2 Å². The third kappa shape index (κ3) is 6.00. The van der Waals surface area contributed by atoms with Gasteiger partial charge in [-0.25, -0.2) is 23.9 Å². The molecule has 12 heteroatoms. The molecule has 5 rings (SSSR count). The largest absolute Gasteiger partial charge is 0.477 e. The molecule has 3 aromatic rings. The molecule has 2 atom stereocenters. The Kier molecular flexibility index (Phi) is 7.64. The van der Waals surface area contributed by atoms with Crippen molar-refractivity contribution in [2.75, 3.05) is 30.5 Å². The average Bonchev–Trinajstić information content (AvgIpc) is 3.42. The van der Waals surface area contributed by atoms with Gasteiger partial charge in [0.1, 0.15) is 17.5 Å². The highest BCUT2D eigenvalue weighted by Gasteiger charge is 2.29. The Morgan fingerprint density at radius 1 is 1.10 bits per heavy atom. The van der Waals surface area contributed by atoms with Crippen molar-refractivity contribution in [3.63, 3.8) is 0 Å². The second kappa shape index (κ2) is 11.2. The minimum absolute atomic E-state index is 0.126. The maximum atomic E-state index is 16.3. The zero-order chi connectivity index (χ0) is 29.3. The van der Waals surface area contributed by atoms with Crippen molar-refractivity contribution >= 4 is 34.5 Å². The number of halogens is 1. The minimum Gasteiger partial charge on any atom is -0.477 e. The monoisotopic (exact) mass is 563 g/mol. The van der Waals surface area contributed by atoms with Crippen LogP contribution in [0.15, 0.2) is 24.5 Å². The van der Waals surface area contributed by atoms with Crippen LogP contribution in [0.3, 0.4) is 0 Å². The summed E-state index contributed by atoms with van der Waals surface area (Å²) in [7, 11) is 0. The number of aromatic nitrogens is 2. The molecule has 2 aliphatic rings. The Morgan fingerprint density at radius 3 is 2.61 bits per heavy atom. The van der Waals surface area contributed by atoms with Crippen LogP contribution in [0.4, 0.5) is 25.5 Å². The van der Waals surface area contributed by atoms with Crippen LogP contribution >= 0.6 is 0 Å². The number of nitrogens with zero attached hydrogens (tertiary/aromatic N) is 3. The number of rotatable bonds is 4. The summed E-state index contributed by atoms with van der Waals surface area (Å²) in [5, 5.41) is 15.6. The molecule has 4 heterocycles. The van der Waals surface area contributed by atoms with E-state index in [0.29, 0.717) is 60.6 Å². The highest BCUT2D eigenvalue weighted by molar-refractivity contribution is 6.04. The molecule has 11 nitrogen and oxygen atoms in total. The standard InChI is InChI=1S/C29H30FN5O6/c1-15-20(12-33-26-23(15)16(11-31)5-8-39-26)19-9-17-10-22(34-27(36)40-18-6-7-38-14-18)32-13-21(17)25(24(19)30)35-28(37)41-29(2,3)4/h9-10,12-13,16,18H,5-8,14H2,1-4H3,(H,35,37)(H,32,34,36). The number of carbonyl (C=O) groups is 2. The summed E-state index contributed by atoms with van der Waals surface area (Å²) < 4.78 is 37.9. The summed E-state index contributed by atoms with van der Waals surface area (Å²) in [5.41, 5.74) is 0.820. The van der Waals surface area contributed by atoms with Gasteiger partial charge >= 0.3 is 12.2 Å². The molecule has 1 saturated heterocycles. The number of nitrogens with one attached hydrogen (secondary N) is 2. The van der Waals surface area contributed by atoms with Gasteiger partial charge in [0.15, 0.2) is 5.82 Å². The number of hydrogen-bond acceptors (Lipinski definition) is 9. The maximum Gasteiger partial charge on any atom is 0.413 e. The van der Waals surface area contributed by atoms with Crippen molar-refractivity contribution in [3.8, 4) is 23.1 Å². The molecule has 2 aromatic heterocycles. The van der Waals surface area contributed by atoms with E-state index in [0.717, 1.165) is 0 Å². The minimum atomic E-state index is -0.849. The molecule has 1 aromatic carbocycles. The third-order valence-electron chi connectivity index (χ3n) is 6.77. The number of ether oxygens (including phenoxy) is 4. The first-order valence-corrected chi connectivity index (χ1v) is 13.2. The van der Waals surface area contributed by atoms with Gasteiger partial charge in [0.2, 0.25) is 5.88 Å². The number of pyridine rings is 2. The third-order valence-corrected chi connectivity index (χ3v) is 6.77. The highest BCUT2D eigenvalue weighted by Crippen LogP contribution is 2.42. The van der Waals surface area contributed by atoms with E-state index in [1.165, 1.54) is 12.4 Å². The Bertz CT molecular complexity index is 1560. The lowest BCUT2D eigenvalue weighted by Gasteiger charge is -2.24. The van der Waals surface area contributed by atoms with E-state index in [9.17, 15) is 14.9 Å². The van der Waals surface area contributed by atoms with Crippen molar-refractivity contribution < 1.29 is 32.9 Å². The Morgan fingerprint density at radius 2 is 1.90 bits per heavy atom. The Balaban J connectivity index is 1.59. The number of nitriles is 1. The SMILES string of the molecule is Cc1c(-c2cc3cc(NC(=O)OC4CCOC4)ncc3c(NC(=O)OC(C)(C)C)c2F)cnc2c1C(C#N)CCO2. The fraction of sp³-hybridized carbons (Fsp3) is 0.414. The van der Waals surface area contributed by atoms with Gasteiger partial charge in [-0.15, -0.1) is 0 Å². The number of carbonyl (C=O) groups excluding carboxylic acids is 2. The predicted octanol–water partition coefficient (Wildman–Crippen LogP) is 5.82. The van der Waals surface area contributed by atoms with Crippen molar-refractivity contribution in [3.05, 3.63) is 41.5 Å². The Hall–Kier alpha value is -4.50. The van der Waals surface area contributed by atoms with Crippen LogP contribution in [0.1, 0.15) is 50.7 Å². The zero-order valence-electron chi connectivity index (χ0n) is 23.2. The van der Waals surface area contributed by atoms with Crippen LogP contribution < -0.4 is 15.4 Å². The summed E-state index contributed by atoms with van der Waals surface area (Å²) in [4.78, 5) is 33.8. The fourth-order valence-electron chi connectivity index (χ4n) is 4.89. The van der Waals surface area contributed by atoms with Crippen LogP contribution in [0.5, 0.6) is 5.88 Å². The second-order valence-corrected chi connectivity index (χ2v) is 10.9. The first kappa shape index (κ1) is 28.0. The molecule has 0 saturated carbocycles. The van der Waals surface area contributed by atoms with Gasteiger partial charge < -0.3 is 18.9 Å². The van der Waals surface area contributed by atoms with E-state index in [1.54, 1.807) is 39.8 Å². The number of fused-ring (bicyclic) bond motifs is 2. The smallest absolute Gasteiger partial charge is 0.413 e. The lowest BCUT2D eigenvalue weighted by atomic mass is 9.88. The van der Waals surface area contributed by atoms with Crippen molar-refractivity contribution in [2.24, 2.45) is 0 Å². The number of amides is 2. The molecular formula is C29H30FN5O6. The predicted molar refractivity (Wildman–Crippen MR) is 147 cm³/mol. The van der Waals surface area contributed by atoms with Gasteiger partial charge in [0.05, 0.1) is 37.5 Å². The van der Waals surface area contributed by atoms with Crippen LogP contribution in [0, 0.1) is 24.1 Å². The van der Waals surface area contributed by atoms with Crippen LogP contribution in [0.25, 0.3) is 21.9 Å². The number of anilines is 2. The molecule has 0 bridgehead atoms. The summed E-state index contributed by atoms with van der Waals surface area (Å²) in [5.74, 6) is -0.674. The lowest BCUT2D eigenvalue weighted by molar-refractivity contribution is 0.0635. The molecular weight excluding hydrogens is 533 g/mol. The van der Waals surface area contributed by atoms with Gasteiger partial charge in [-0.05, 0) is 50.8 Å². The summed E-state index contributed by atoms with van der Waals surface area (Å²) in [6.45, 7) is 8.09. The van der Waals surface area contributed by atoms with Crippen molar-refractivity contribution in [1.29, 1.82) is 5.26 Å². The number of benzene rings is 1. The fourth-order valence-corrected chi connectivity index (χ4v) is 4.89. The van der Waals surface area contributed by atoms with E-state index >= 15 is 4.39 Å². The molecule has 2 amide bonds. The molecule has 2 N–H and O–H groups in total. The van der Waals surface area contributed by atoms with Gasteiger partial charge in [0.25, 0.3) is 0 Å². The molecule has 41 heavy (non-hydrogen) atoms. The highest BCUT2D eigenvalue weighted by atomic mass is 19.1. The van der Waals surface area contributed by atoms with Crippen LogP contribution in [-0.2, 0) is 14.2 Å². The topological polar surface area (TPSA) is 145 Å². The van der Waals surface area contributed by atoms with E-state index in [-0.39, 0.29) is 28.6 Å². The maximum absolute atomic E-state index is 16.3. The molecule has 0 radical (unpaired) electrons. The Labute approximate surface area is 236 Å². The second-order valence-electron chi connectivity index (χ2n) is 10.9. The van der Waals surface area contributed by atoms with Crippen LogP contribution in [-0.4, -0.2) is 53.7 Å². The molecule has 2 aliphatic heterocycles. The normalized spacial score (nSPS) is 18.1.